The van der Waals surface area contributed by atoms with E-state index in [1.165, 1.54) is 7.11 Å². The third-order valence-corrected chi connectivity index (χ3v) is 2.64. The van der Waals surface area contributed by atoms with Crippen molar-refractivity contribution in [1.82, 2.24) is 0 Å². The Labute approximate surface area is 100 Å². The van der Waals surface area contributed by atoms with E-state index in [4.69, 9.17) is 9.47 Å². The molecular weight excluding hydrogens is 222 g/mol. The van der Waals surface area contributed by atoms with Gasteiger partial charge in [0, 0.05) is 6.07 Å². The Hall–Kier alpha value is -1.75. The molecule has 1 aromatic carbocycles. The van der Waals surface area contributed by atoms with Gasteiger partial charge in [-0.05, 0) is 18.1 Å². The van der Waals surface area contributed by atoms with Crippen LogP contribution in [0.3, 0.4) is 0 Å². The second-order valence-corrected chi connectivity index (χ2v) is 3.69. The van der Waals surface area contributed by atoms with Crippen molar-refractivity contribution in [3.8, 4) is 11.5 Å². The number of carbonyl (C=O) groups is 1. The lowest BCUT2D eigenvalue weighted by molar-refractivity contribution is -0.387. The van der Waals surface area contributed by atoms with Crippen molar-refractivity contribution in [2.75, 3.05) is 20.8 Å². The average molecular weight is 239 g/mol. The molecule has 17 heavy (non-hydrogen) atoms. The molecule has 0 amide bonds. The summed E-state index contributed by atoms with van der Waals surface area (Å²) in [6, 6.07) is 5.29. The van der Waals surface area contributed by atoms with Crippen LogP contribution < -0.4 is 20.3 Å². The van der Waals surface area contributed by atoms with Crippen LogP contribution in [0.25, 0.3) is 0 Å². The maximum Gasteiger partial charge on any atom is 0.125 e. The van der Waals surface area contributed by atoms with E-state index in [2.05, 4.69) is 5.73 Å². The third kappa shape index (κ3) is 3.35. The molecule has 94 valence electrons. The third-order valence-electron chi connectivity index (χ3n) is 2.64. The molecular formula is C12H17NO4. The maximum absolute atomic E-state index is 10.8. The summed E-state index contributed by atoms with van der Waals surface area (Å²) >= 11 is 0. The Morgan fingerprint density at radius 3 is 2.59 bits per heavy atom. The first-order valence-corrected chi connectivity index (χ1v) is 5.33. The first-order chi connectivity index (χ1) is 8.12. The lowest BCUT2D eigenvalue weighted by Crippen LogP contribution is -2.57. The Kier molecular flexibility index (Phi) is 4.78. The fourth-order valence-corrected chi connectivity index (χ4v) is 1.59. The van der Waals surface area contributed by atoms with Crippen LogP contribution in [-0.4, -0.2) is 26.7 Å². The number of benzene rings is 1. The molecule has 5 nitrogen and oxygen atoms in total. The van der Waals surface area contributed by atoms with Crippen LogP contribution in [0, 0.1) is 5.92 Å². The quantitative estimate of drug-likeness (QED) is 0.679. The summed E-state index contributed by atoms with van der Waals surface area (Å²) in [5, 5.41) is 10.8. The molecule has 3 N–H and O–H groups in total. The molecule has 0 aliphatic heterocycles. The van der Waals surface area contributed by atoms with Crippen molar-refractivity contribution >= 4 is 5.97 Å². The van der Waals surface area contributed by atoms with Crippen LogP contribution in [0.4, 0.5) is 0 Å². The highest BCUT2D eigenvalue weighted by atomic mass is 16.5. The monoisotopic (exact) mass is 239 g/mol. The number of methoxy groups -OCH3 is 2. The highest BCUT2D eigenvalue weighted by Crippen LogP contribution is 2.26. The molecule has 0 spiro atoms. The van der Waals surface area contributed by atoms with Gasteiger partial charge in [0.1, 0.15) is 11.5 Å². The van der Waals surface area contributed by atoms with Crippen molar-refractivity contribution in [1.29, 1.82) is 0 Å². The van der Waals surface area contributed by atoms with Crippen LogP contribution in [0.5, 0.6) is 11.5 Å². The summed E-state index contributed by atoms with van der Waals surface area (Å²) in [4.78, 5) is 10.8. The minimum atomic E-state index is -1.09. The van der Waals surface area contributed by atoms with E-state index in [1.807, 2.05) is 0 Å². The van der Waals surface area contributed by atoms with Crippen LogP contribution in [-0.2, 0) is 11.2 Å². The zero-order chi connectivity index (χ0) is 12.8. The first-order valence-electron chi connectivity index (χ1n) is 5.33. The maximum atomic E-state index is 10.8. The first kappa shape index (κ1) is 13.3. The zero-order valence-electron chi connectivity index (χ0n) is 10.1. The molecule has 0 unspecified atom stereocenters. The van der Waals surface area contributed by atoms with E-state index in [1.54, 1.807) is 25.3 Å². The van der Waals surface area contributed by atoms with E-state index < -0.39 is 11.9 Å². The predicted molar refractivity (Wildman–Crippen MR) is 59.5 cm³/mol. The molecule has 0 saturated carbocycles. The highest BCUT2D eigenvalue weighted by molar-refractivity contribution is 5.68. The van der Waals surface area contributed by atoms with E-state index in [-0.39, 0.29) is 6.54 Å². The van der Waals surface area contributed by atoms with Crippen LogP contribution >= 0.6 is 0 Å². The number of carboxylic acids is 1. The van der Waals surface area contributed by atoms with E-state index in [9.17, 15) is 9.90 Å². The molecule has 0 heterocycles. The zero-order valence-corrected chi connectivity index (χ0v) is 10.1. The number of rotatable bonds is 6. The normalized spacial score (nSPS) is 11.9. The Morgan fingerprint density at radius 1 is 1.41 bits per heavy atom. The molecule has 1 aromatic rings. The topological polar surface area (TPSA) is 86.2 Å². The van der Waals surface area contributed by atoms with Crippen molar-refractivity contribution in [2.45, 2.75) is 6.42 Å². The van der Waals surface area contributed by atoms with Crippen molar-refractivity contribution < 1.29 is 25.1 Å². The second-order valence-electron chi connectivity index (χ2n) is 3.69. The van der Waals surface area contributed by atoms with Crippen LogP contribution in [0.2, 0.25) is 0 Å². The summed E-state index contributed by atoms with van der Waals surface area (Å²) in [6.45, 7) is 0.289. The molecule has 0 aliphatic rings. The number of quaternary nitrogens is 1. The van der Waals surface area contributed by atoms with Gasteiger partial charge in [-0.15, -0.1) is 0 Å². The summed E-state index contributed by atoms with van der Waals surface area (Å²) in [7, 11) is 3.10. The summed E-state index contributed by atoms with van der Waals surface area (Å²) in [5.74, 6) is -0.399. The standard InChI is InChI=1S/C12H17NO4/c1-16-10-4-3-8(11(6-10)17-2)5-9(7-13)12(14)15/h3-4,6,9H,5,7,13H2,1-2H3,(H,14,15)/t9-/m1/s1. The van der Waals surface area contributed by atoms with E-state index >= 15 is 0 Å². The largest absolute Gasteiger partial charge is 0.550 e. The van der Waals surface area contributed by atoms with Crippen LogP contribution in [0.15, 0.2) is 18.2 Å². The molecule has 1 atom stereocenters. The summed E-state index contributed by atoms with van der Waals surface area (Å²) in [6.07, 6.45) is 0.346. The van der Waals surface area contributed by atoms with Gasteiger partial charge in [-0.2, -0.15) is 0 Å². The van der Waals surface area contributed by atoms with Gasteiger partial charge in [0.05, 0.1) is 32.7 Å². The van der Waals surface area contributed by atoms with E-state index in [0.717, 1.165) is 5.56 Å². The lowest BCUT2D eigenvalue weighted by atomic mass is 9.99. The minimum Gasteiger partial charge on any atom is -0.550 e. The van der Waals surface area contributed by atoms with Gasteiger partial charge in [0.15, 0.2) is 0 Å². The lowest BCUT2D eigenvalue weighted by Gasteiger charge is -2.16. The molecule has 1 rings (SSSR count). The number of aliphatic carboxylic acids is 1. The van der Waals surface area contributed by atoms with Gasteiger partial charge in [-0.1, -0.05) is 6.07 Å². The Balaban J connectivity index is 2.93. The molecule has 0 saturated heterocycles. The predicted octanol–water partition coefficient (Wildman–Crippen LogP) is -1.15. The van der Waals surface area contributed by atoms with Gasteiger partial charge >= 0.3 is 0 Å². The van der Waals surface area contributed by atoms with E-state index in [0.29, 0.717) is 17.9 Å². The van der Waals surface area contributed by atoms with Gasteiger partial charge < -0.3 is 25.1 Å². The summed E-state index contributed by atoms with van der Waals surface area (Å²) < 4.78 is 10.3. The fourth-order valence-electron chi connectivity index (χ4n) is 1.59. The van der Waals surface area contributed by atoms with Gasteiger partial charge in [0.25, 0.3) is 0 Å². The van der Waals surface area contributed by atoms with Crippen molar-refractivity contribution in [3.05, 3.63) is 23.8 Å². The fraction of sp³-hybridized carbons (Fsp3) is 0.417. The Morgan fingerprint density at radius 2 is 2.12 bits per heavy atom. The number of hydrogen-bond donors (Lipinski definition) is 1. The summed E-state index contributed by atoms with van der Waals surface area (Å²) in [5.41, 5.74) is 4.42. The minimum absolute atomic E-state index is 0.289. The number of ether oxygens (including phenoxy) is 2. The van der Waals surface area contributed by atoms with Crippen molar-refractivity contribution in [2.24, 2.45) is 5.92 Å². The van der Waals surface area contributed by atoms with Gasteiger partial charge in [-0.25, -0.2) is 0 Å². The number of hydrogen-bond acceptors (Lipinski definition) is 4. The van der Waals surface area contributed by atoms with Crippen LogP contribution in [0.1, 0.15) is 5.56 Å². The van der Waals surface area contributed by atoms with Crippen molar-refractivity contribution in [3.63, 3.8) is 0 Å². The highest BCUT2D eigenvalue weighted by Gasteiger charge is 2.14. The molecule has 5 heteroatoms. The molecule has 0 aliphatic carbocycles. The molecule has 0 bridgehead atoms. The number of carbonyl (C=O) groups excluding carboxylic acids is 1. The SMILES string of the molecule is COc1ccc(C[C@H](C[NH3+])C(=O)[O-])c(OC)c1. The van der Waals surface area contributed by atoms with Gasteiger partial charge in [-0.3, -0.25) is 0 Å². The molecule has 0 radical (unpaired) electrons. The van der Waals surface area contributed by atoms with Gasteiger partial charge in [0.2, 0.25) is 0 Å². The smallest absolute Gasteiger partial charge is 0.125 e. The number of carboxylic acid groups (broad SMARTS) is 1. The second kappa shape index (κ2) is 6.10. The molecule has 0 aromatic heterocycles. The average Bonchev–Trinajstić information content (AvgIpc) is 2.35. The molecule has 0 fully saturated rings. The Bertz CT molecular complexity index is 392.